The van der Waals surface area contributed by atoms with Gasteiger partial charge in [-0.05, 0) is 43.5 Å². The van der Waals surface area contributed by atoms with E-state index in [4.69, 9.17) is 0 Å². The summed E-state index contributed by atoms with van der Waals surface area (Å²) in [6.07, 6.45) is 5.40. The van der Waals surface area contributed by atoms with Crippen LogP contribution in [0.1, 0.15) is 53.0 Å². The van der Waals surface area contributed by atoms with Crippen LogP contribution in [0.4, 0.5) is 4.39 Å². The predicted octanol–water partition coefficient (Wildman–Crippen LogP) is 4.02. The average Bonchev–Trinajstić information content (AvgIpc) is 3.34. The van der Waals surface area contributed by atoms with Gasteiger partial charge in [0, 0.05) is 24.4 Å². The Labute approximate surface area is 184 Å². The number of thiophene rings is 1. The minimum absolute atomic E-state index is 0.104. The van der Waals surface area contributed by atoms with Crippen LogP contribution >= 0.6 is 11.3 Å². The second-order valence-corrected chi connectivity index (χ2v) is 9.11. The van der Waals surface area contributed by atoms with Gasteiger partial charge in [-0.3, -0.25) is 14.3 Å². The first-order chi connectivity index (χ1) is 15.0. The molecular weight excluding hydrogens is 415 g/mol. The maximum atomic E-state index is 13.2. The van der Waals surface area contributed by atoms with Gasteiger partial charge in [0.15, 0.2) is 0 Å². The molecule has 8 heteroatoms. The first-order valence-corrected chi connectivity index (χ1v) is 11.6. The highest BCUT2D eigenvalue weighted by Crippen LogP contribution is 2.29. The third kappa shape index (κ3) is 5.12. The maximum absolute atomic E-state index is 13.2. The molecule has 0 saturated heterocycles. The molecule has 1 saturated carbocycles. The van der Waals surface area contributed by atoms with Crippen LogP contribution in [0.15, 0.2) is 30.3 Å². The lowest BCUT2D eigenvalue weighted by Gasteiger charge is -2.20. The van der Waals surface area contributed by atoms with Gasteiger partial charge in [0.05, 0.1) is 17.1 Å². The standard InChI is InChI=1S/C23H27FN4O2S/c1-15-19-13-20(22(30)26-12-11-25-21(29)17-5-3-2-4-6-17)31-23(19)28(27-15)14-16-7-9-18(24)10-8-16/h7-10,13,17H,2-6,11-12,14H2,1H3,(H,25,29)(H,26,30). The van der Waals surface area contributed by atoms with E-state index < -0.39 is 0 Å². The highest BCUT2D eigenvalue weighted by atomic mass is 32.1. The Hall–Kier alpha value is -2.74. The Morgan fingerprint density at radius 1 is 1.13 bits per heavy atom. The van der Waals surface area contributed by atoms with Gasteiger partial charge in [-0.2, -0.15) is 5.10 Å². The lowest BCUT2D eigenvalue weighted by Crippen LogP contribution is -2.38. The van der Waals surface area contributed by atoms with Crippen molar-refractivity contribution in [3.05, 3.63) is 52.3 Å². The maximum Gasteiger partial charge on any atom is 0.261 e. The number of carbonyl (C=O) groups excluding carboxylic acids is 2. The summed E-state index contributed by atoms with van der Waals surface area (Å²) in [5.74, 6) is -0.192. The Balaban J connectivity index is 1.34. The Morgan fingerprint density at radius 2 is 1.84 bits per heavy atom. The molecule has 0 atom stereocenters. The van der Waals surface area contributed by atoms with Gasteiger partial charge < -0.3 is 10.6 Å². The first-order valence-electron chi connectivity index (χ1n) is 10.8. The van der Waals surface area contributed by atoms with Gasteiger partial charge in [0.25, 0.3) is 5.91 Å². The summed E-state index contributed by atoms with van der Waals surface area (Å²) < 4.78 is 15.0. The van der Waals surface area contributed by atoms with E-state index in [-0.39, 0.29) is 23.5 Å². The first kappa shape index (κ1) is 21.5. The molecule has 4 rings (SSSR count). The van der Waals surface area contributed by atoms with Crippen LogP contribution in [0.3, 0.4) is 0 Å². The Bertz CT molecular complexity index is 1070. The zero-order valence-corrected chi connectivity index (χ0v) is 18.4. The summed E-state index contributed by atoms with van der Waals surface area (Å²) in [5, 5.41) is 11.3. The number of halogens is 1. The molecule has 0 aliphatic heterocycles. The number of hydrogen-bond donors (Lipinski definition) is 2. The number of amides is 2. The minimum Gasteiger partial charge on any atom is -0.354 e. The van der Waals surface area contributed by atoms with Crippen molar-refractivity contribution in [3.63, 3.8) is 0 Å². The lowest BCUT2D eigenvalue weighted by molar-refractivity contribution is -0.125. The number of carbonyl (C=O) groups is 2. The molecule has 3 aromatic rings. The molecule has 1 aliphatic rings. The SMILES string of the molecule is Cc1nn(Cc2ccc(F)cc2)c2sc(C(=O)NCCNC(=O)C3CCCCC3)cc12. The number of nitrogens with one attached hydrogen (secondary N) is 2. The quantitative estimate of drug-likeness (QED) is 0.543. The molecule has 0 unspecified atom stereocenters. The van der Waals surface area contributed by atoms with Crippen LogP contribution in [0.25, 0.3) is 10.2 Å². The van der Waals surface area contributed by atoms with E-state index in [2.05, 4.69) is 15.7 Å². The van der Waals surface area contributed by atoms with Crippen molar-refractivity contribution >= 4 is 33.4 Å². The second kappa shape index (κ2) is 9.60. The van der Waals surface area contributed by atoms with E-state index >= 15 is 0 Å². The topological polar surface area (TPSA) is 76.0 Å². The summed E-state index contributed by atoms with van der Waals surface area (Å²) in [6, 6.07) is 8.20. The van der Waals surface area contributed by atoms with Gasteiger partial charge in [-0.15, -0.1) is 11.3 Å². The fraction of sp³-hybridized carbons (Fsp3) is 0.435. The summed E-state index contributed by atoms with van der Waals surface area (Å²) in [4.78, 5) is 26.3. The number of rotatable bonds is 7. The number of hydrogen-bond acceptors (Lipinski definition) is 4. The van der Waals surface area contributed by atoms with Crippen molar-refractivity contribution in [2.24, 2.45) is 5.92 Å². The van der Waals surface area contributed by atoms with E-state index in [9.17, 15) is 14.0 Å². The van der Waals surface area contributed by atoms with Crippen LogP contribution in [-0.2, 0) is 11.3 Å². The van der Waals surface area contributed by atoms with Crippen LogP contribution in [0.5, 0.6) is 0 Å². The lowest BCUT2D eigenvalue weighted by atomic mass is 9.89. The molecular formula is C23H27FN4O2S. The zero-order valence-electron chi connectivity index (χ0n) is 17.6. The Morgan fingerprint density at radius 3 is 2.58 bits per heavy atom. The van der Waals surface area contributed by atoms with Crippen LogP contribution in [0.2, 0.25) is 0 Å². The van der Waals surface area contributed by atoms with Crippen molar-refractivity contribution in [1.29, 1.82) is 0 Å². The van der Waals surface area contributed by atoms with Crippen molar-refractivity contribution in [2.45, 2.75) is 45.6 Å². The van der Waals surface area contributed by atoms with Crippen molar-refractivity contribution < 1.29 is 14.0 Å². The molecule has 1 aromatic carbocycles. The molecule has 0 bridgehead atoms. The Kier molecular flexibility index (Phi) is 6.65. The fourth-order valence-corrected chi connectivity index (χ4v) is 5.13. The molecule has 0 spiro atoms. The molecule has 2 heterocycles. The molecule has 2 amide bonds. The summed E-state index contributed by atoms with van der Waals surface area (Å²) in [7, 11) is 0. The van der Waals surface area contributed by atoms with Gasteiger partial charge in [0.1, 0.15) is 10.6 Å². The normalized spacial score (nSPS) is 14.6. The van der Waals surface area contributed by atoms with Gasteiger partial charge in [-0.25, -0.2) is 4.39 Å². The highest BCUT2D eigenvalue weighted by molar-refractivity contribution is 7.20. The molecule has 2 aromatic heterocycles. The van der Waals surface area contributed by atoms with E-state index in [1.165, 1.54) is 29.9 Å². The molecule has 6 nitrogen and oxygen atoms in total. The smallest absolute Gasteiger partial charge is 0.261 e. The zero-order chi connectivity index (χ0) is 21.8. The van der Waals surface area contributed by atoms with E-state index in [0.717, 1.165) is 47.2 Å². The minimum atomic E-state index is -0.268. The third-order valence-corrected chi connectivity index (χ3v) is 6.91. The fourth-order valence-electron chi connectivity index (χ4n) is 4.05. The van der Waals surface area contributed by atoms with E-state index in [1.54, 1.807) is 12.1 Å². The number of aromatic nitrogens is 2. The predicted molar refractivity (Wildman–Crippen MR) is 120 cm³/mol. The van der Waals surface area contributed by atoms with Gasteiger partial charge in [0.2, 0.25) is 5.91 Å². The van der Waals surface area contributed by atoms with Gasteiger partial charge in [-0.1, -0.05) is 31.4 Å². The van der Waals surface area contributed by atoms with Crippen LogP contribution in [-0.4, -0.2) is 34.7 Å². The van der Waals surface area contributed by atoms with Crippen LogP contribution < -0.4 is 10.6 Å². The number of aryl methyl sites for hydroxylation is 1. The monoisotopic (exact) mass is 442 g/mol. The second-order valence-electron chi connectivity index (χ2n) is 8.08. The summed E-state index contributed by atoms with van der Waals surface area (Å²) >= 11 is 1.39. The van der Waals surface area contributed by atoms with E-state index in [0.29, 0.717) is 24.5 Å². The van der Waals surface area contributed by atoms with Crippen molar-refractivity contribution in [1.82, 2.24) is 20.4 Å². The molecule has 2 N–H and O–H groups in total. The third-order valence-electron chi connectivity index (χ3n) is 5.76. The summed E-state index contributed by atoms with van der Waals surface area (Å²) in [5.41, 5.74) is 1.80. The van der Waals surface area contributed by atoms with Crippen molar-refractivity contribution in [3.8, 4) is 0 Å². The van der Waals surface area contributed by atoms with E-state index in [1.807, 2.05) is 17.7 Å². The molecule has 0 radical (unpaired) electrons. The largest absolute Gasteiger partial charge is 0.354 e. The number of benzene rings is 1. The number of fused-ring (bicyclic) bond motifs is 1. The summed E-state index contributed by atoms with van der Waals surface area (Å²) in [6.45, 7) is 3.26. The average molecular weight is 443 g/mol. The van der Waals surface area contributed by atoms with Crippen molar-refractivity contribution in [2.75, 3.05) is 13.1 Å². The van der Waals surface area contributed by atoms with Crippen LogP contribution in [0, 0.1) is 18.7 Å². The molecule has 164 valence electrons. The van der Waals surface area contributed by atoms with Gasteiger partial charge >= 0.3 is 0 Å². The molecule has 31 heavy (non-hydrogen) atoms. The molecule has 1 aliphatic carbocycles. The molecule has 1 fully saturated rings. The highest BCUT2D eigenvalue weighted by Gasteiger charge is 2.21. The number of nitrogens with zero attached hydrogens (tertiary/aromatic N) is 2.